The van der Waals surface area contributed by atoms with E-state index in [1.54, 1.807) is 0 Å². The van der Waals surface area contributed by atoms with Crippen molar-refractivity contribution in [2.24, 2.45) is 5.41 Å². The van der Waals surface area contributed by atoms with Crippen LogP contribution >= 0.6 is 0 Å². The Morgan fingerprint density at radius 2 is 1.77 bits per heavy atom. The summed E-state index contributed by atoms with van der Waals surface area (Å²) in [5.41, 5.74) is 0.844. The van der Waals surface area contributed by atoms with Crippen molar-refractivity contribution in [3.63, 3.8) is 0 Å². The molecule has 0 aliphatic carbocycles. The topological polar surface area (TPSA) is 3.24 Å². The lowest BCUT2D eigenvalue weighted by Crippen LogP contribution is -2.54. The summed E-state index contributed by atoms with van der Waals surface area (Å²) in [6, 6.07) is 0.757. The number of piperidine rings is 1. The maximum atomic E-state index is 2.65. The molecule has 0 amide bonds. The molecule has 1 rings (SSSR count). The van der Waals surface area contributed by atoms with Crippen LogP contribution in [0.1, 0.15) is 54.4 Å². The maximum absolute atomic E-state index is 2.65. The van der Waals surface area contributed by atoms with E-state index < -0.39 is 0 Å². The van der Waals surface area contributed by atoms with E-state index >= 15 is 0 Å². The molecule has 0 spiro atoms. The number of hydrogen-bond donors (Lipinski definition) is 0. The van der Waals surface area contributed by atoms with Gasteiger partial charge in [0.15, 0.2) is 0 Å². The third kappa shape index (κ3) is 2.70. The zero-order valence-electron chi connectivity index (χ0n) is 10.1. The van der Waals surface area contributed by atoms with E-state index in [9.17, 15) is 0 Å². The second-order valence-corrected chi connectivity index (χ2v) is 6.35. The van der Waals surface area contributed by atoms with Crippen molar-refractivity contribution < 1.29 is 0 Å². The first-order chi connectivity index (χ1) is 5.72. The molecule has 0 saturated carbocycles. The molecule has 1 aliphatic heterocycles. The largest absolute Gasteiger partial charge is 0.295 e. The molecule has 1 heteroatoms. The van der Waals surface area contributed by atoms with Crippen LogP contribution in [-0.2, 0) is 0 Å². The number of likely N-dealkylation sites (tertiary alicyclic amines) is 1. The quantitative estimate of drug-likeness (QED) is 0.557. The van der Waals surface area contributed by atoms with Gasteiger partial charge in [-0.25, -0.2) is 0 Å². The molecule has 1 saturated heterocycles. The van der Waals surface area contributed by atoms with E-state index in [0.717, 1.165) is 6.04 Å². The van der Waals surface area contributed by atoms with E-state index in [-0.39, 0.29) is 0 Å². The third-order valence-electron chi connectivity index (χ3n) is 3.23. The van der Waals surface area contributed by atoms with Crippen molar-refractivity contribution in [1.82, 2.24) is 4.90 Å². The fourth-order valence-electron chi connectivity index (χ4n) is 2.35. The first-order valence-electron chi connectivity index (χ1n) is 5.49. The smallest absolute Gasteiger partial charge is 0.0128 e. The number of nitrogens with zero attached hydrogens (tertiary/aromatic N) is 1. The minimum Gasteiger partial charge on any atom is -0.295 e. The minimum absolute atomic E-state index is 0.330. The van der Waals surface area contributed by atoms with Gasteiger partial charge < -0.3 is 0 Å². The van der Waals surface area contributed by atoms with Gasteiger partial charge in [0.2, 0.25) is 0 Å². The summed E-state index contributed by atoms with van der Waals surface area (Å²) in [7, 11) is 0. The highest BCUT2D eigenvalue weighted by molar-refractivity contribution is 4.90. The predicted molar refractivity (Wildman–Crippen MR) is 58.9 cm³/mol. The van der Waals surface area contributed by atoms with Gasteiger partial charge in [-0.15, -0.1) is 0 Å². The van der Waals surface area contributed by atoms with Crippen molar-refractivity contribution in [3.05, 3.63) is 0 Å². The highest BCUT2D eigenvalue weighted by atomic mass is 15.2. The SMILES string of the molecule is CC1CCC(C)(C)CN1C(C)(C)C. The van der Waals surface area contributed by atoms with Crippen LogP contribution in [-0.4, -0.2) is 23.0 Å². The molecule has 0 aromatic heterocycles. The van der Waals surface area contributed by atoms with E-state index in [1.165, 1.54) is 19.4 Å². The molecule has 0 radical (unpaired) electrons. The van der Waals surface area contributed by atoms with Crippen LogP contribution in [0.3, 0.4) is 0 Å². The van der Waals surface area contributed by atoms with Crippen LogP contribution in [0.2, 0.25) is 0 Å². The predicted octanol–water partition coefficient (Wildman–Crippen LogP) is 3.30. The van der Waals surface area contributed by atoms with Gasteiger partial charge in [-0.3, -0.25) is 4.90 Å². The van der Waals surface area contributed by atoms with Crippen LogP contribution in [0.4, 0.5) is 0 Å². The van der Waals surface area contributed by atoms with Crippen molar-refractivity contribution >= 4 is 0 Å². The van der Waals surface area contributed by atoms with E-state index in [0.29, 0.717) is 11.0 Å². The molecule has 13 heavy (non-hydrogen) atoms. The van der Waals surface area contributed by atoms with Crippen molar-refractivity contribution in [3.8, 4) is 0 Å². The summed E-state index contributed by atoms with van der Waals surface area (Å²) in [5.74, 6) is 0. The molecule has 1 unspecified atom stereocenters. The minimum atomic E-state index is 0.330. The molecule has 1 nitrogen and oxygen atoms in total. The molecule has 1 atom stereocenters. The van der Waals surface area contributed by atoms with Gasteiger partial charge in [0.1, 0.15) is 0 Å². The summed E-state index contributed by atoms with van der Waals surface area (Å²) in [6.45, 7) is 15.4. The van der Waals surface area contributed by atoms with Crippen LogP contribution < -0.4 is 0 Å². The van der Waals surface area contributed by atoms with Crippen LogP contribution in [0.15, 0.2) is 0 Å². The molecular weight excluding hydrogens is 158 g/mol. The Hall–Kier alpha value is -0.0400. The van der Waals surface area contributed by atoms with Gasteiger partial charge in [-0.1, -0.05) is 13.8 Å². The zero-order valence-corrected chi connectivity index (χ0v) is 10.1. The van der Waals surface area contributed by atoms with Gasteiger partial charge in [0.25, 0.3) is 0 Å². The van der Waals surface area contributed by atoms with Gasteiger partial charge in [0.05, 0.1) is 0 Å². The molecule has 1 aliphatic rings. The Bertz CT molecular complexity index is 176. The molecule has 0 bridgehead atoms. The van der Waals surface area contributed by atoms with E-state index in [2.05, 4.69) is 46.4 Å². The van der Waals surface area contributed by atoms with Gasteiger partial charge >= 0.3 is 0 Å². The Labute approximate surface area is 83.5 Å². The summed E-state index contributed by atoms with van der Waals surface area (Å²) in [4.78, 5) is 2.65. The normalized spacial score (nSPS) is 30.5. The summed E-state index contributed by atoms with van der Waals surface area (Å²) < 4.78 is 0. The second kappa shape index (κ2) is 3.27. The molecule has 1 fully saturated rings. The average molecular weight is 183 g/mol. The van der Waals surface area contributed by atoms with Gasteiger partial charge in [0, 0.05) is 18.1 Å². The molecule has 1 heterocycles. The Morgan fingerprint density at radius 3 is 2.15 bits per heavy atom. The van der Waals surface area contributed by atoms with E-state index in [1.807, 2.05) is 0 Å². The second-order valence-electron chi connectivity index (χ2n) is 6.35. The van der Waals surface area contributed by atoms with Crippen LogP contribution in [0.25, 0.3) is 0 Å². The van der Waals surface area contributed by atoms with E-state index in [4.69, 9.17) is 0 Å². The molecule has 0 aromatic rings. The summed E-state index contributed by atoms with van der Waals surface area (Å²) in [5, 5.41) is 0. The molecule has 78 valence electrons. The average Bonchev–Trinajstić information content (AvgIpc) is 1.92. The maximum Gasteiger partial charge on any atom is 0.0128 e. The van der Waals surface area contributed by atoms with Crippen molar-refractivity contribution in [2.75, 3.05) is 6.54 Å². The fraction of sp³-hybridized carbons (Fsp3) is 1.00. The van der Waals surface area contributed by atoms with Crippen molar-refractivity contribution in [1.29, 1.82) is 0 Å². The Balaban J connectivity index is 2.72. The first-order valence-corrected chi connectivity index (χ1v) is 5.49. The highest BCUT2D eigenvalue weighted by Crippen LogP contribution is 2.35. The van der Waals surface area contributed by atoms with Crippen molar-refractivity contribution in [2.45, 2.75) is 66.0 Å². The third-order valence-corrected chi connectivity index (χ3v) is 3.23. The summed E-state index contributed by atoms with van der Waals surface area (Å²) in [6.07, 6.45) is 2.73. The fourth-order valence-corrected chi connectivity index (χ4v) is 2.35. The Morgan fingerprint density at radius 1 is 1.23 bits per heavy atom. The lowest BCUT2D eigenvalue weighted by Gasteiger charge is -2.49. The standard InChI is InChI=1S/C12H25N/c1-10-7-8-12(5,6)9-13(10)11(2,3)4/h10H,7-9H2,1-6H3. The van der Waals surface area contributed by atoms with Gasteiger partial charge in [-0.2, -0.15) is 0 Å². The monoisotopic (exact) mass is 183 g/mol. The molecule has 0 aromatic carbocycles. The molecule has 0 N–H and O–H groups in total. The number of hydrogen-bond acceptors (Lipinski definition) is 1. The summed E-state index contributed by atoms with van der Waals surface area (Å²) >= 11 is 0. The highest BCUT2D eigenvalue weighted by Gasteiger charge is 2.35. The Kier molecular flexibility index (Phi) is 2.78. The van der Waals surface area contributed by atoms with Gasteiger partial charge in [-0.05, 0) is 46.0 Å². The van der Waals surface area contributed by atoms with Crippen LogP contribution in [0.5, 0.6) is 0 Å². The molecular formula is C12H25N. The van der Waals surface area contributed by atoms with Crippen LogP contribution in [0, 0.1) is 5.41 Å². The number of rotatable bonds is 0. The first kappa shape index (κ1) is 11.0. The zero-order chi connectivity index (χ0) is 10.3. The lowest BCUT2D eigenvalue weighted by atomic mass is 9.79. The lowest BCUT2D eigenvalue weighted by molar-refractivity contribution is 0.00299.